The number of nitrogens with one attached hydrogen (secondary N) is 1. The summed E-state index contributed by atoms with van der Waals surface area (Å²) in [4.78, 5) is 46.6. The van der Waals surface area contributed by atoms with Gasteiger partial charge in [0, 0.05) is 6.54 Å². The third-order valence-electron chi connectivity index (χ3n) is 3.23. The highest BCUT2D eigenvalue weighted by atomic mass is 16.5. The van der Waals surface area contributed by atoms with Crippen molar-refractivity contribution in [1.29, 1.82) is 0 Å². The van der Waals surface area contributed by atoms with Gasteiger partial charge in [-0.1, -0.05) is 6.07 Å². The van der Waals surface area contributed by atoms with Crippen LogP contribution in [0.1, 0.15) is 12.5 Å². The molecule has 0 aliphatic carbocycles. The maximum atomic E-state index is 12.1. The van der Waals surface area contributed by atoms with Gasteiger partial charge >= 0.3 is 5.97 Å². The fourth-order valence-corrected chi connectivity index (χ4v) is 1.99. The normalized spacial score (nSPS) is 11.2. The van der Waals surface area contributed by atoms with Crippen molar-refractivity contribution in [2.24, 2.45) is 5.92 Å². The van der Waals surface area contributed by atoms with E-state index in [0.717, 1.165) is 14.0 Å². The van der Waals surface area contributed by atoms with Crippen molar-refractivity contribution in [3.8, 4) is 11.5 Å². The Morgan fingerprint density at radius 3 is 2.17 bits per heavy atom. The summed E-state index contributed by atoms with van der Waals surface area (Å²) in [5.74, 6) is -4.78. The second-order valence-corrected chi connectivity index (χ2v) is 4.81. The Morgan fingerprint density at radius 2 is 1.67 bits per heavy atom. The van der Waals surface area contributed by atoms with Gasteiger partial charge in [-0.15, -0.1) is 0 Å². The minimum atomic E-state index is -1.72. The maximum Gasteiger partial charge on any atom is 0.375 e. The van der Waals surface area contributed by atoms with Crippen LogP contribution in [0.3, 0.4) is 0 Å². The van der Waals surface area contributed by atoms with Crippen LogP contribution in [0.2, 0.25) is 0 Å². The number of hydrogen-bond acceptors (Lipinski definition) is 7. The molecule has 0 saturated carbocycles. The molecule has 0 fully saturated rings. The molecule has 0 spiro atoms. The van der Waals surface area contributed by atoms with Crippen LogP contribution in [0, 0.1) is 5.92 Å². The van der Waals surface area contributed by atoms with E-state index in [4.69, 9.17) is 9.47 Å². The Hall–Kier alpha value is -2.90. The van der Waals surface area contributed by atoms with Crippen molar-refractivity contribution in [2.45, 2.75) is 13.5 Å². The molecule has 0 heterocycles. The Morgan fingerprint density at radius 1 is 1.04 bits per heavy atom. The number of hydrogen-bond donors (Lipinski definition) is 1. The van der Waals surface area contributed by atoms with Crippen LogP contribution in [0.15, 0.2) is 18.2 Å². The summed E-state index contributed by atoms with van der Waals surface area (Å²) in [6.07, 6.45) is 0. The minimum absolute atomic E-state index is 0.0391. The molecule has 0 saturated heterocycles. The van der Waals surface area contributed by atoms with E-state index in [0.29, 0.717) is 17.1 Å². The lowest BCUT2D eigenvalue weighted by Gasteiger charge is -2.13. The number of carbonyl (C=O) groups is 4. The number of methoxy groups -OCH3 is 3. The van der Waals surface area contributed by atoms with E-state index in [2.05, 4.69) is 10.1 Å². The molecule has 0 unspecified atom stereocenters. The second kappa shape index (κ2) is 8.66. The van der Waals surface area contributed by atoms with E-state index < -0.39 is 29.4 Å². The predicted octanol–water partition coefficient (Wildman–Crippen LogP) is 0.267. The number of ether oxygens (including phenoxy) is 3. The van der Waals surface area contributed by atoms with E-state index in [1.54, 1.807) is 18.2 Å². The second-order valence-electron chi connectivity index (χ2n) is 4.81. The smallest absolute Gasteiger partial charge is 0.375 e. The van der Waals surface area contributed by atoms with Crippen LogP contribution < -0.4 is 14.8 Å². The quantitative estimate of drug-likeness (QED) is 0.412. The molecule has 24 heavy (non-hydrogen) atoms. The first kappa shape index (κ1) is 19.1. The number of benzene rings is 1. The molecule has 1 aromatic carbocycles. The minimum Gasteiger partial charge on any atom is -0.493 e. The van der Waals surface area contributed by atoms with E-state index in [-0.39, 0.29) is 6.54 Å². The summed E-state index contributed by atoms with van der Waals surface area (Å²) in [5, 5.41) is 2.44. The zero-order valence-corrected chi connectivity index (χ0v) is 13.9. The number of amides is 1. The number of esters is 1. The van der Waals surface area contributed by atoms with Gasteiger partial charge in [0.05, 0.1) is 21.3 Å². The van der Waals surface area contributed by atoms with Gasteiger partial charge in [-0.3, -0.25) is 14.4 Å². The van der Waals surface area contributed by atoms with Gasteiger partial charge in [-0.2, -0.15) is 0 Å². The maximum absolute atomic E-state index is 12.1. The molecule has 1 rings (SSSR count). The molecular weight excluding hydrogens is 318 g/mol. The Labute approximate surface area is 139 Å². The Bertz CT molecular complexity index is 654. The van der Waals surface area contributed by atoms with Crippen LogP contribution >= 0.6 is 0 Å². The van der Waals surface area contributed by atoms with Crippen molar-refractivity contribution in [3.05, 3.63) is 23.8 Å². The first-order valence-electron chi connectivity index (χ1n) is 6.96. The molecule has 1 N–H and O–H groups in total. The topological polar surface area (TPSA) is 108 Å². The molecule has 1 aromatic rings. The molecule has 130 valence electrons. The third kappa shape index (κ3) is 4.55. The number of Topliss-reactive ketones (excluding diaryl/α,β-unsaturated/α-hetero) is 2. The van der Waals surface area contributed by atoms with Gasteiger partial charge in [-0.25, -0.2) is 4.79 Å². The fourth-order valence-electron chi connectivity index (χ4n) is 1.99. The highest BCUT2D eigenvalue weighted by molar-refractivity contribution is 6.43. The average Bonchev–Trinajstić information content (AvgIpc) is 2.58. The molecule has 0 radical (unpaired) electrons. The average molecular weight is 337 g/mol. The molecule has 8 nitrogen and oxygen atoms in total. The van der Waals surface area contributed by atoms with Crippen LogP contribution in [0.25, 0.3) is 0 Å². The monoisotopic (exact) mass is 337 g/mol. The highest BCUT2D eigenvalue weighted by Crippen LogP contribution is 2.27. The summed E-state index contributed by atoms with van der Waals surface area (Å²) >= 11 is 0. The standard InChI is InChI=1S/C16H19NO7/c1-9(18)13(14(19)16(21)24-4)15(20)17-8-10-5-6-11(22-2)12(7-10)23-3/h5-7,13H,8H2,1-4H3,(H,17,20)/t13-/m0/s1. The van der Waals surface area contributed by atoms with Crippen molar-refractivity contribution < 1.29 is 33.4 Å². The van der Waals surface area contributed by atoms with Crippen molar-refractivity contribution in [1.82, 2.24) is 5.32 Å². The first-order chi connectivity index (χ1) is 11.3. The van der Waals surface area contributed by atoms with E-state index in [1.807, 2.05) is 0 Å². The van der Waals surface area contributed by atoms with E-state index >= 15 is 0 Å². The SMILES string of the molecule is COC(=O)C(=O)[C@H](C(C)=O)C(=O)NCc1ccc(OC)c(OC)c1. The Kier molecular flexibility index (Phi) is 6.91. The molecule has 0 aliphatic rings. The zero-order valence-electron chi connectivity index (χ0n) is 13.9. The largest absolute Gasteiger partial charge is 0.493 e. The molecule has 8 heteroatoms. The van der Waals surface area contributed by atoms with Gasteiger partial charge in [0.25, 0.3) is 5.78 Å². The lowest BCUT2D eigenvalue weighted by molar-refractivity contribution is -0.157. The van der Waals surface area contributed by atoms with Crippen LogP contribution in [0.4, 0.5) is 0 Å². The van der Waals surface area contributed by atoms with Crippen LogP contribution in [-0.4, -0.2) is 44.8 Å². The summed E-state index contributed by atoms with van der Waals surface area (Å²) in [5.41, 5.74) is 0.661. The summed E-state index contributed by atoms with van der Waals surface area (Å²) in [7, 11) is 3.97. The van der Waals surface area contributed by atoms with Gasteiger partial charge in [-0.05, 0) is 24.6 Å². The fraction of sp³-hybridized carbons (Fsp3) is 0.375. The van der Waals surface area contributed by atoms with Gasteiger partial charge < -0.3 is 19.5 Å². The summed E-state index contributed by atoms with van der Waals surface area (Å²) in [6.45, 7) is 1.10. The van der Waals surface area contributed by atoms with E-state index in [9.17, 15) is 19.2 Å². The summed E-state index contributed by atoms with van der Waals surface area (Å²) < 4.78 is 14.5. The van der Waals surface area contributed by atoms with E-state index in [1.165, 1.54) is 14.2 Å². The summed E-state index contributed by atoms with van der Waals surface area (Å²) in [6, 6.07) is 4.99. The number of carbonyl (C=O) groups excluding carboxylic acids is 4. The molecule has 0 aromatic heterocycles. The molecule has 1 atom stereocenters. The van der Waals surface area contributed by atoms with Crippen LogP contribution in [-0.2, 0) is 30.5 Å². The molecule has 1 amide bonds. The molecule has 0 aliphatic heterocycles. The van der Waals surface area contributed by atoms with Crippen molar-refractivity contribution >= 4 is 23.4 Å². The van der Waals surface area contributed by atoms with Crippen LogP contribution in [0.5, 0.6) is 11.5 Å². The van der Waals surface area contributed by atoms with Gasteiger partial charge in [0.2, 0.25) is 5.91 Å². The predicted molar refractivity (Wildman–Crippen MR) is 82.6 cm³/mol. The molecular formula is C16H19NO7. The first-order valence-corrected chi connectivity index (χ1v) is 6.96. The highest BCUT2D eigenvalue weighted by Gasteiger charge is 2.36. The number of rotatable bonds is 8. The zero-order chi connectivity index (χ0) is 18.3. The lowest BCUT2D eigenvalue weighted by atomic mass is 9.98. The third-order valence-corrected chi connectivity index (χ3v) is 3.23. The van der Waals surface area contributed by atoms with Gasteiger partial charge in [0.15, 0.2) is 17.4 Å². The Balaban J connectivity index is 2.84. The molecule has 0 bridgehead atoms. The number of ketones is 2. The van der Waals surface area contributed by atoms with Crippen molar-refractivity contribution in [3.63, 3.8) is 0 Å². The lowest BCUT2D eigenvalue weighted by Crippen LogP contribution is -2.42. The van der Waals surface area contributed by atoms with Gasteiger partial charge in [0.1, 0.15) is 5.78 Å². The van der Waals surface area contributed by atoms with Crippen molar-refractivity contribution in [2.75, 3.05) is 21.3 Å².